The highest BCUT2D eigenvalue weighted by Crippen LogP contribution is 2.04. The largest absolute Gasteiger partial charge is 0.417 e. The van der Waals surface area contributed by atoms with E-state index in [1.54, 1.807) is 0 Å². The summed E-state index contributed by atoms with van der Waals surface area (Å²) < 4.78 is 5.19. The Hall–Kier alpha value is -2.18. The van der Waals surface area contributed by atoms with Crippen LogP contribution in [0.2, 0.25) is 0 Å². The van der Waals surface area contributed by atoms with Gasteiger partial charge in [0.25, 0.3) is 0 Å². The molecule has 1 rings (SSSR count). The molecule has 7 heteroatoms. The Morgan fingerprint density at radius 1 is 1.44 bits per heavy atom. The number of amides is 2. The molecule has 0 aliphatic carbocycles. The van der Waals surface area contributed by atoms with Gasteiger partial charge < -0.3 is 14.6 Å². The second kappa shape index (κ2) is 6.53. The first-order chi connectivity index (χ1) is 8.58. The van der Waals surface area contributed by atoms with Gasteiger partial charge in [-0.05, 0) is 6.92 Å². The standard InChI is InChI=1S/C11H16N4O3/c1-4-5-6-9-13-14-10(18-9)11(17)15(3)7-8(16)12-2/h4-5H,6-7H2,1-3H3,(H,12,16). The number of carbonyl (C=O) groups excluding carboxylic acids is 2. The average molecular weight is 252 g/mol. The molecule has 0 saturated heterocycles. The molecule has 0 radical (unpaired) electrons. The number of hydrogen-bond donors (Lipinski definition) is 1. The van der Waals surface area contributed by atoms with E-state index in [0.717, 1.165) is 0 Å². The number of nitrogens with zero attached hydrogens (tertiary/aromatic N) is 3. The number of carbonyl (C=O) groups is 2. The minimum atomic E-state index is -0.474. The first-order valence-corrected chi connectivity index (χ1v) is 5.48. The Kier molecular flexibility index (Phi) is 5.04. The van der Waals surface area contributed by atoms with Crippen LogP contribution in [-0.2, 0) is 11.2 Å². The van der Waals surface area contributed by atoms with Crippen LogP contribution in [-0.4, -0.2) is 47.6 Å². The Labute approximate surface area is 105 Å². The molecule has 1 aromatic rings. The van der Waals surface area contributed by atoms with E-state index in [2.05, 4.69) is 15.5 Å². The van der Waals surface area contributed by atoms with Crippen molar-refractivity contribution >= 4 is 11.8 Å². The first-order valence-electron chi connectivity index (χ1n) is 5.48. The zero-order valence-electron chi connectivity index (χ0n) is 10.6. The van der Waals surface area contributed by atoms with E-state index in [1.165, 1.54) is 19.0 Å². The molecule has 0 unspecified atom stereocenters. The molecule has 98 valence electrons. The lowest BCUT2D eigenvalue weighted by Gasteiger charge is -2.12. The lowest BCUT2D eigenvalue weighted by atomic mass is 10.4. The topological polar surface area (TPSA) is 88.3 Å². The Morgan fingerprint density at radius 3 is 2.78 bits per heavy atom. The third kappa shape index (κ3) is 3.69. The Bertz CT molecular complexity index is 453. The number of nitrogens with one attached hydrogen (secondary N) is 1. The van der Waals surface area contributed by atoms with Crippen molar-refractivity contribution < 1.29 is 14.0 Å². The van der Waals surface area contributed by atoms with Crippen LogP contribution in [0.4, 0.5) is 0 Å². The van der Waals surface area contributed by atoms with Gasteiger partial charge >= 0.3 is 11.8 Å². The maximum absolute atomic E-state index is 11.8. The number of likely N-dealkylation sites (N-methyl/N-ethyl adjacent to an activating group) is 2. The fourth-order valence-electron chi connectivity index (χ4n) is 1.17. The van der Waals surface area contributed by atoms with E-state index in [-0.39, 0.29) is 18.3 Å². The van der Waals surface area contributed by atoms with Crippen molar-refractivity contribution in [1.82, 2.24) is 20.4 Å². The van der Waals surface area contributed by atoms with Gasteiger partial charge in [0.15, 0.2) is 0 Å². The fraction of sp³-hybridized carbons (Fsp3) is 0.455. The second-order valence-corrected chi connectivity index (χ2v) is 3.61. The molecule has 0 spiro atoms. The van der Waals surface area contributed by atoms with Crippen molar-refractivity contribution in [1.29, 1.82) is 0 Å². The fourth-order valence-corrected chi connectivity index (χ4v) is 1.17. The summed E-state index contributed by atoms with van der Waals surface area (Å²) in [7, 11) is 3.00. The normalized spacial score (nSPS) is 10.6. The van der Waals surface area contributed by atoms with Gasteiger partial charge in [-0.25, -0.2) is 0 Å². The van der Waals surface area contributed by atoms with E-state index < -0.39 is 5.91 Å². The summed E-state index contributed by atoms with van der Waals surface area (Å²) in [6, 6.07) is 0. The van der Waals surface area contributed by atoms with Gasteiger partial charge in [0.05, 0.1) is 6.54 Å². The second-order valence-electron chi connectivity index (χ2n) is 3.61. The quantitative estimate of drug-likeness (QED) is 0.745. The van der Waals surface area contributed by atoms with Gasteiger partial charge in [-0.15, -0.1) is 10.2 Å². The summed E-state index contributed by atoms with van der Waals surface area (Å²) in [5.41, 5.74) is 0. The smallest absolute Gasteiger partial charge is 0.311 e. The number of aromatic nitrogens is 2. The van der Waals surface area contributed by atoms with Crippen LogP contribution in [0.1, 0.15) is 23.5 Å². The SMILES string of the molecule is CC=CCc1nnc(C(=O)N(C)CC(=O)NC)o1. The highest BCUT2D eigenvalue weighted by atomic mass is 16.4. The van der Waals surface area contributed by atoms with Crippen molar-refractivity contribution in [2.45, 2.75) is 13.3 Å². The lowest BCUT2D eigenvalue weighted by Crippen LogP contribution is -2.37. The van der Waals surface area contributed by atoms with Crippen molar-refractivity contribution in [3.8, 4) is 0 Å². The molecule has 1 aromatic heterocycles. The highest BCUT2D eigenvalue weighted by molar-refractivity contribution is 5.92. The average Bonchev–Trinajstić information content (AvgIpc) is 2.83. The van der Waals surface area contributed by atoms with Crippen LogP contribution in [0.3, 0.4) is 0 Å². The molecule has 1 N–H and O–H groups in total. The lowest BCUT2D eigenvalue weighted by molar-refractivity contribution is -0.121. The predicted octanol–water partition coefficient (Wildman–Crippen LogP) is 0.00620. The molecule has 0 aromatic carbocycles. The minimum Gasteiger partial charge on any atom is -0.417 e. The van der Waals surface area contributed by atoms with Gasteiger partial charge in [0.2, 0.25) is 11.8 Å². The summed E-state index contributed by atoms with van der Waals surface area (Å²) >= 11 is 0. The zero-order valence-corrected chi connectivity index (χ0v) is 10.6. The van der Waals surface area contributed by atoms with Crippen molar-refractivity contribution in [2.24, 2.45) is 0 Å². The van der Waals surface area contributed by atoms with Gasteiger partial charge in [-0.1, -0.05) is 12.2 Å². The highest BCUT2D eigenvalue weighted by Gasteiger charge is 2.20. The van der Waals surface area contributed by atoms with Crippen molar-refractivity contribution in [2.75, 3.05) is 20.6 Å². The molecule has 2 amide bonds. The summed E-state index contributed by atoms with van der Waals surface area (Å²) in [6.45, 7) is 1.82. The zero-order chi connectivity index (χ0) is 13.5. The molecule has 0 aliphatic heterocycles. The monoisotopic (exact) mass is 252 g/mol. The Balaban J connectivity index is 2.66. The predicted molar refractivity (Wildman–Crippen MR) is 63.8 cm³/mol. The van der Waals surface area contributed by atoms with Gasteiger partial charge in [0.1, 0.15) is 0 Å². The summed E-state index contributed by atoms with van der Waals surface area (Å²) in [5, 5.41) is 9.82. The van der Waals surface area contributed by atoms with Gasteiger partial charge in [0, 0.05) is 20.5 Å². The van der Waals surface area contributed by atoms with Crippen molar-refractivity contribution in [3.05, 3.63) is 23.9 Å². The van der Waals surface area contributed by atoms with Crippen molar-refractivity contribution in [3.63, 3.8) is 0 Å². The first kappa shape index (κ1) is 13.9. The number of rotatable bonds is 5. The third-order valence-corrected chi connectivity index (χ3v) is 2.18. The molecule has 1 heterocycles. The number of hydrogen-bond acceptors (Lipinski definition) is 5. The van der Waals surface area contributed by atoms with E-state index in [0.29, 0.717) is 12.3 Å². The molecule has 0 aliphatic rings. The van der Waals surface area contributed by atoms with Crippen LogP contribution >= 0.6 is 0 Å². The van der Waals surface area contributed by atoms with E-state index in [1.807, 2.05) is 19.1 Å². The van der Waals surface area contributed by atoms with E-state index >= 15 is 0 Å². The van der Waals surface area contributed by atoms with Gasteiger partial charge in [-0.3, -0.25) is 9.59 Å². The molecule has 0 bridgehead atoms. The molecular formula is C11H16N4O3. The Morgan fingerprint density at radius 2 is 2.17 bits per heavy atom. The molecule has 7 nitrogen and oxygen atoms in total. The van der Waals surface area contributed by atoms with Crippen LogP contribution < -0.4 is 5.32 Å². The van der Waals surface area contributed by atoms with E-state index in [9.17, 15) is 9.59 Å². The maximum Gasteiger partial charge on any atom is 0.311 e. The summed E-state index contributed by atoms with van der Waals surface area (Å²) in [5.74, 6) is -0.483. The third-order valence-electron chi connectivity index (χ3n) is 2.18. The van der Waals surface area contributed by atoms with Crippen LogP contribution in [0.15, 0.2) is 16.6 Å². The van der Waals surface area contributed by atoms with Crippen LogP contribution in [0, 0.1) is 0 Å². The van der Waals surface area contributed by atoms with Gasteiger partial charge in [-0.2, -0.15) is 0 Å². The van der Waals surface area contributed by atoms with Crippen LogP contribution in [0.25, 0.3) is 0 Å². The van der Waals surface area contributed by atoms with Crippen LogP contribution in [0.5, 0.6) is 0 Å². The molecule has 18 heavy (non-hydrogen) atoms. The molecule has 0 atom stereocenters. The maximum atomic E-state index is 11.8. The van der Waals surface area contributed by atoms with E-state index in [4.69, 9.17) is 4.42 Å². The molecule has 0 fully saturated rings. The summed E-state index contributed by atoms with van der Waals surface area (Å²) in [6.07, 6.45) is 4.18. The number of allylic oxidation sites excluding steroid dienone is 2. The molecular weight excluding hydrogens is 236 g/mol. The minimum absolute atomic E-state index is 0.0537. The molecule has 0 saturated carbocycles. The summed E-state index contributed by atoms with van der Waals surface area (Å²) in [4.78, 5) is 24.2.